The first-order chi connectivity index (χ1) is 23.9. The van der Waals surface area contributed by atoms with Crippen molar-refractivity contribution in [1.82, 2.24) is 10.2 Å². The minimum Gasteiger partial charge on any atom is -0.495 e. The summed E-state index contributed by atoms with van der Waals surface area (Å²) in [6, 6.07) is 24.5. The molecule has 0 unspecified atom stereocenters. The van der Waals surface area contributed by atoms with Crippen molar-refractivity contribution in [2.45, 2.75) is 57.1 Å². The average Bonchev–Trinajstić information content (AvgIpc) is 3.12. The van der Waals surface area contributed by atoms with E-state index in [4.69, 9.17) is 25.8 Å². The van der Waals surface area contributed by atoms with Crippen LogP contribution in [-0.4, -0.2) is 65.1 Å². The molecule has 0 aliphatic carbocycles. The Morgan fingerprint density at radius 3 is 2.12 bits per heavy atom. The van der Waals surface area contributed by atoms with Crippen LogP contribution in [0.2, 0.25) is 5.02 Å². The van der Waals surface area contributed by atoms with Crippen LogP contribution in [0.5, 0.6) is 17.2 Å². The number of nitrogens with one attached hydrogen (secondary N) is 1. The molecule has 0 saturated heterocycles. The lowest BCUT2D eigenvalue weighted by molar-refractivity contribution is -0.140. The fraction of sp³-hybridized carbons (Fsp3) is 0.316. The van der Waals surface area contributed by atoms with Crippen LogP contribution < -0.4 is 23.8 Å². The van der Waals surface area contributed by atoms with E-state index < -0.39 is 28.5 Å². The molecule has 266 valence electrons. The van der Waals surface area contributed by atoms with Gasteiger partial charge in [0.25, 0.3) is 10.0 Å². The van der Waals surface area contributed by atoms with Crippen LogP contribution in [0.1, 0.15) is 37.0 Å². The van der Waals surface area contributed by atoms with Crippen molar-refractivity contribution in [2.75, 3.05) is 32.2 Å². The van der Waals surface area contributed by atoms with Gasteiger partial charge in [-0.1, -0.05) is 73.1 Å². The molecule has 0 aliphatic rings. The smallest absolute Gasteiger partial charge is 0.265 e. The second kappa shape index (κ2) is 17.3. The van der Waals surface area contributed by atoms with E-state index in [0.29, 0.717) is 12.2 Å². The minimum absolute atomic E-state index is 0.0441. The minimum atomic E-state index is -4.49. The Kier molecular flexibility index (Phi) is 13.1. The van der Waals surface area contributed by atoms with Crippen molar-refractivity contribution in [2.24, 2.45) is 0 Å². The molecule has 0 spiro atoms. The summed E-state index contributed by atoms with van der Waals surface area (Å²) >= 11 is 6.41. The maximum atomic E-state index is 14.8. The summed E-state index contributed by atoms with van der Waals surface area (Å²) in [5, 5.41) is 3.28. The molecule has 0 fully saturated rings. The van der Waals surface area contributed by atoms with Gasteiger partial charge in [0.2, 0.25) is 11.8 Å². The molecule has 0 bridgehead atoms. The highest BCUT2D eigenvalue weighted by molar-refractivity contribution is 7.92. The molecule has 10 nitrogen and oxygen atoms in total. The molecule has 0 heterocycles. The van der Waals surface area contributed by atoms with Crippen molar-refractivity contribution in [3.63, 3.8) is 0 Å². The molecule has 0 radical (unpaired) electrons. The third-order valence-electron chi connectivity index (χ3n) is 8.51. The predicted molar refractivity (Wildman–Crippen MR) is 196 cm³/mol. The molecule has 4 rings (SSSR count). The molecule has 0 saturated carbocycles. The predicted octanol–water partition coefficient (Wildman–Crippen LogP) is 6.42. The van der Waals surface area contributed by atoms with Crippen LogP contribution in [-0.2, 0) is 32.6 Å². The first kappa shape index (κ1) is 38.1. The van der Waals surface area contributed by atoms with Crippen molar-refractivity contribution in [1.29, 1.82) is 0 Å². The number of benzene rings is 4. The Bertz CT molecular complexity index is 1890. The number of rotatable bonds is 16. The van der Waals surface area contributed by atoms with E-state index in [-0.39, 0.29) is 52.0 Å². The average molecular weight is 722 g/mol. The topological polar surface area (TPSA) is 114 Å². The van der Waals surface area contributed by atoms with Crippen LogP contribution in [0.3, 0.4) is 0 Å². The lowest BCUT2D eigenvalue weighted by Gasteiger charge is -2.35. The number of nitrogens with zero attached hydrogens (tertiary/aromatic N) is 2. The van der Waals surface area contributed by atoms with Gasteiger partial charge in [-0.25, -0.2) is 8.42 Å². The molecule has 2 amide bonds. The van der Waals surface area contributed by atoms with E-state index in [1.165, 1.54) is 56.6 Å². The first-order valence-corrected chi connectivity index (χ1v) is 18.0. The molecule has 12 heteroatoms. The number of sulfonamides is 1. The van der Waals surface area contributed by atoms with E-state index in [1.807, 2.05) is 75.4 Å². The molecular formula is C38H44ClN3O7S. The maximum absolute atomic E-state index is 14.8. The SMILES string of the molecule is CC[C@@H](C)NC(=O)[C@H](Cc1ccccc1)N(Cc1ccccc1C)C(=O)CN(c1cc(Cl)ccc1OC)S(=O)(=O)c1ccc(OC)c(OC)c1. The van der Waals surface area contributed by atoms with Gasteiger partial charge < -0.3 is 24.4 Å². The van der Waals surface area contributed by atoms with Gasteiger partial charge in [0, 0.05) is 30.1 Å². The maximum Gasteiger partial charge on any atom is 0.265 e. The molecular weight excluding hydrogens is 678 g/mol. The Morgan fingerprint density at radius 2 is 1.48 bits per heavy atom. The summed E-state index contributed by atoms with van der Waals surface area (Å²) in [6.45, 7) is 5.15. The Labute approximate surface area is 300 Å². The van der Waals surface area contributed by atoms with Gasteiger partial charge in [0.05, 0.1) is 31.9 Å². The summed E-state index contributed by atoms with van der Waals surface area (Å²) < 4.78 is 46.5. The standard InChI is InChI=1S/C38H44ClN3O7S/c1-7-27(3)40-38(44)33(21-28-14-9-8-10-15-28)41(24-29-16-12-11-13-26(29)2)37(43)25-42(32-22-30(39)17-19-34(32)47-4)50(45,46)31-18-20-35(48-5)36(23-31)49-6/h8-20,22-23,27,33H,7,21,24-25H2,1-6H3,(H,40,44)/t27-,33+/m1/s1. The largest absolute Gasteiger partial charge is 0.495 e. The fourth-order valence-electron chi connectivity index (χ4n) is 5.44. The second-order valence-corrected chi connectivity index (χ2v) is 14.1. The number of amides is 2. The zero-order valence-electron chi connectivity index (χ0n) is 29.2. The zero-order chi connectivity index (χ0) is 36.4. The number of hydrogen-bond acceptors (Lipinski definition) is 7. The number of anilines is 1. The number of hydrogen-bond donors (Lipinski definition) is 1. The highest BCUT2D eigenvalue weighted by Crippen LogP contribution is 2.37. The molecule has 0 aromatic heterocycles. The van der Waals surface area contributed by atoms with Gasteiger partial charge in [-0.15, -0.1) is 0 Å². The molecule has 4 aromatic rings. The van der Waals surface area contributed by atoms with Crippen molar-refractivity contribution >= 4 is 39.1 Å². The highest BCUT2D eigenvalue weighted by atomic mass is 35.5. The van der Waals surface area contributed by atoms with Crippen LogP contribution in [0.4, 0.5) is 5.69 Å². The van der Waals surface area contributed by atoms with Crippen LogP contribution in [0.15, 0.2) is 95.9 Å². The van der Waals surface area contributed by atoms with Crippen molar-refractivity contribution in [3.8, 4) is 17.2 Å². The van der Waals surface area contributed by atoms with Gasteiger partial charge in [-0.05, 0) is 67.3 Å². The number of ether oxygens (including phenoxy) is 3. The van der Waals surface area contributed by atoms with E-state index in [9.17, 15) is 18.0 Å². The molecule has 4 aromatic carbocycles. The number of aryl methyl sites for hydroxylation is 1. The fourth-order valence-corrected chi connectivity index (χ4v) is 7.04. The van der Waals surface area contributed by atoms with Gasteiger partial charge in [-0.2, -0.15) is 0 Å². The van der Waals surface area contributed by atoms with Crippen molar-refractivity contribution in [3.05, 3.63) is 113 Å². The third-order valence-corrected chi connectivity index (χ3v) is 10.5. The summed E-state index contributed by atoms with van der Waals surface area (Å²) in [5.41, 5.74) is 2.61. The van der Waals surface area contributed by atoms with Gasteiger partial charge in [0.1, 0.15) is 18.3 Å². The van der Waals surface area contributed by atoms with Crippen LogP contribution >= 0.6 is 11.6 Å². The lowest BCUT2D eigenvalue weighted by atomic mass is 10.0. The normalized spacial score (nSPS) is 12.4. The molecule has 2 atom stereocenters. The Balaban J connectivity index is 1.89. The number of carbonyl (C=O) groups excluding carboxylic acids is 2. The van der Waals surface area contributed by atoms with Gasteiger partial charge >= 0.3 is 0 Å². The molecule has 50 heavy (non-hydrogen) atoms. The number of methoxy groups -OCH3 is 3. The summed E-state index contributed by atoms with van der Waals surface area (Å²) in [6.07, 6.45) is 0.880. The number of carbonyl (C=O) groups is 2. The van der Waals surface area contributed by atoms with Gasteiger partial charge in [-0.3, -0.25) is 13.9 Å². The first-order valence-electron chi connectivity index (χ1n) is 16.2. The molecule has 1 N–H and O–H groups in total. The zero-order valence-corrected chi connectivity index (χ0v) is 30.8. The summed E-state index contributed by atoms with van der Waals surface area (Å²) in [4.78, 5) is 30.2. The Morgan fingerprint density at radius 1 is 0.840 bits per heavy atom. The lowest BCUT2D eigenvalue weighted by Crippen LogP contribution is -2.54. The monoisotopic (exact) mass is 721 g/mol. The van der Waals surface area contributed by atoms with Gasteiger partial charge in [0.15, 0.2) is 11.5 Å². The van der Waals surface area contributed by atoms with E-state index in [1.54, 1.807) is 6.07 Å². The summed E-state index contributed by atoms with van der Waals surface area (Å²) in [5.74, 6) is -0.273. The van der Waals surface area contributed by atoms with E-state index in [0.717, 1.165) is 21.0 Å². The van der Waals surface area contributed by atoms with Crippen LogP contribution in [0, 0.1) is 6.92 Å². The molecule has 0 aliphatic heterocycles. The second-order valence-electron chi connectivity index (χ2n) is 11.8. The Hall–Kier alpha value is -4.74. The van der Waals surface area contributed by atoms with E-state index >= 15 is 0 Å². The number of halogens is 1. The highest BCUT2D eigenvalue weighted by Gasteiger charge is 2.36. The quantitative estimate of drug-likeness (QED) is 0.142. The van der Waals surface area contributed by atoms with Crippen molar-refractivity contribution < 1.29 is 32.2 Å². The van der Waals surface area contributed by atoms with E-state index in [2.05, 4.69) is 5.32 Å². The van der Waals surface area contributed by atoms with Crippen LogP contribution in [0.25, 0.3) is 0 Å². The summed E-state index contributed by atoms with van der Waals surface area (Å²) in [7, 11) is -0.245. The third kappa shape index (κ3) is 9.08.